The molecular formula is C13H25NO4. The van der Waals surface area contributed by atoms with Crippen LogP contribution in [0.4, 0.5) is 4.79 Å². The Kier molecular flexibility index (Phi) is 4.61. The second-order valence-corrected chi connectivity index (χ2v) is 6.13. The summed E-state index contributed by atoms with van der Waals surface area (Å²) in [6.45, 7) is 9.06. The largest absolute Gasteiger partial charge is 0.444 e. The first-order valence-electron chi connectivity index (χ1n) is 6.47. The molecule has 1 heterocycles. The van der Waals surface area contributed by atoms with E-state index in [-0.39, 0.29) is 30.7 Å². The first-order chi connectivity index (χ1) is 8.17. The van der Waals surface area contributed by atoms with Crippen LogP contribution < -0.4 is 0 Å². The van der Waals surface area contributed by atoms with Crippen LogP contribution in [0.3, 0.4) is 0 Å². The van der Waals surface area contributed by atoms with Crippen LogP contribution in [0.5, 0.6) is 0 Å². The van der Waals surface area contributed by atoms with E-state index >= 15 is 0 Å². The molecule has 0 aliphatic carbocycles. The summed E-state index contributed by atoms with van der Waals surface area (Å²) in [6, 6.07) is -0.323. The molecule has 18 heavy (non-hydrogen) atoms. The molecule has 1 rings (SSSR count). The first-order valence-corrected chi connectivity index (χ1v) is 6.47. The van der Waals surface area contributed by atoms with E-state index in [4.69, 9.17) is 4.74 Å². The summed E-state index contributed by atoms with van der Waals surface area (Å²) in [4.78, 5) is 13.8. The highest BCUT2D eigenvalue weighted by Crippen LogP contribution is 2.29. The van der Waals surface area contributed by atoms with Crippen molar-refractivity contribution in [1.82, 2.24) is 4.90 Å². The van der Waals surface area contributed by atoms with Gasteiger partial charge in [0.05, 0.1) is 12.7 Å². The number of ether oxygens (including phenoxy) is 1. The second-order valence-electron chi connectivity index (χ2n) is 6.13. The van der Waals surface area contributed by atoms with Crippen molar-refractivity contribution in [2.45, 2.75) is 64.8 Å². The number of aliphatic hydroxyl groups is 2. The highest BCUT2D eigenvalue weighted by molar-refractivity contribution is 5.69. The van der Waals surface area contributed by atoms with E-state index in [1.165, 1.54) is 0 Å². The number of hydrogen-bond acceptors (Lipinski definition) is 4. The second kappa shape index (κ2) is 5.45. The van der Waals surface area contributed by atoms with Crippen molar-refractivity contribution in [3.8, 4) is 0 Å². The maximum Gasteiger partial charge on any atom is 0.410 e. The van der Waals surface area contributed by atoms with Crippen molar-refractivity contribution >= 4 is 6.09 Å². The van der Waals surface area contributed by atoms with Gasteiger partial charge in [-0.1, -0.05) is 0 Å². The van der Waals surface area contributed by atoms with E-state index in [1.807, 2.05) is 34.6 Å². The minimum absolute atomic E-state index is 0.0901. The standard InChI is InChI=1S/C13H25NO4/c1-8-6-11(16)10(7-15)9(2)14(8)12(17)18-13(3,4)5/h8-11,15-16H,6-7H2,1-5H3. The zero-order valence-electron chi connectivity index (χ0n) is 11.9. The van der Waals surface area contributed by atoms with E-state index in [0.717, 1.165) is 0 Å². The molecular weight excluding hydrogens is 234 g/mol. The maximum absolute atomic E-state index is 12.1. The average molecular weight is 259 g/mol. The Bertz CT molecular complexity index is 300. The molecule has 4 atom stereocenters. The fraction of sp³-hybridized carbons (Fsp3) is 0.923. The number of rotatable bonds is 1. The van der Waals surface area contributed by atoms with Crippen LogP contribution in [0.2, 0.25) is 0 Å². The number of amides is 1. The molecule has 0 spiro atoms. The van der Waals surface area contributed by atoms with Crippen LogP contribution >= 0.6 is 0 Å². The van der Waals surface area contributed by atoms with Gasteiger partial charge in [-0.25, -0.2) is 4.79 Å². The summed E-state index contributed by atoms with van der Waals surface area (Å²) >= 11 is 0. The minimum Gasteiger partial charge on any atom is -0.444 e. The number of likely N-dealkylation sites (tertiary alicyclic amines) is 1. The minimum atomic E-state index is -0.571. The molecule has 4 unspecified atom stereocenters. The zero-order valence-corrected chi connectivity index (χ0v) is 11.9. The molecule has 0 saturated carbocycles. The lowest BCUT2D eigenvalue weighted by atomic mass is 9.85. The van der Waals surface area contributed by atoms with E-state index < -0.39 is 11.7 Å². The quantitative estimate of drug-likeness (QED) is 0.746. The molecule has 106 valence electrons. The topological polar surface area (TPSA) is 70.0 Å². The van der Waals surface area contributed by atoms with Crippen LogP contribution in [-0.2, 0) is 4.74 Å². The molecule has 0 radical (unpaired) electrons. The number of carbonyl (C=O) groups is 1. The van der Waals surface area contributed by atoms with E-state index in [1.54, 1.807) is 4.90 Å². The number of piperidine rings is 1. The van der Waals surface area contributed by atoms with Gasteiger partial charge in [-0.2, -0.15) is 0 Å². The average Bonchev–Trinajstić information content (AvgIpc) is 2.13. The van der Waals surface area contributed by atoms with Crippen molar-refractivity contribution in [2.75, 3.05) is 6.61 Å². The monoisotopic (exact) mass is 259 g/mol. The lowest BCUT2D eigenvalue weighted by Crippen LogP contribution is -2.58. The molecule has 5 nitrogen and oxygen atoms in total. The Morgan fingerprint density at radius 2 is 1.94 bits per heavy atom. The molecule has 1 aliphatic heterocycles. The smallest absolute Gasteiger partial charge is 0.410 e. The van der Waals surface area contributed by atoms with Crippen LogP contribution in [0.1, 0.15) is 41.0 Å². The zero-order chi connectivity index (χ0) is 14.1. The molecule has 1 aliphatic rings. The van der Waals surface area contributed by atoms with Gasteiger partial charge in [-0.05, 0) is 41.0 Å². The van der Waals surface area contributed by atoms with Gasteiger partial charge in [0.1, 0.15) is 5.60 Å². The summed E-state index contributed by atoms with van der Waals surface area (Å²) in [5.41, 5.74) is -0.540. The molecule has 0 aromatic carbocycles. The molecule has 5 heteroatoms. The van der Waals surface area contributed by atoms with Gasteiger partial charge in [0.25, 0.3) is 0 Å². The number of hydrogen-bond donors (Lipinski definition) is 2. The summed E-state index contributed by atoms with van der Waals surface area (Å²) in [5, 5.41) is 19.2. The Hall–Kier alpha value is -0.810. The highest BCUT2D eigenvalue weighted by Gasteiger charge is 2.41. The molecule has 1 saturated heterocycles. The van der Waals surface area contributed by atoms with E-state index in [0.29, 0.717) is 6.42 Å². The van der Waals surface area contributed by atoms with E-state index in [9.17, 15) is 15.0 Å². The van der Waals surface area contributed by atoms with Crippen molar-refractivity contribution in [3.63, 3.8) is 0 Å². The summed E-state index contributed by atoms with van der Waals surface area (Å²) in [7, 11) is 0. The third-order valence-electron chi connectivity index (χ3n) is 3.43. The van der Waals surface area contributed by atoms with Gasteiger partial charge in [0.2, 0.25) is 0 Å². The van der Waals surface area contributed by atoms with Gasteiger partial charge in [-0.3, -0.25) is 0 Å². The van der Waals surface area contributed by atoms with Crippen molar-refractivity contribution in [2.24, 2.45) is 5.92 Å². The van der Waals surface area contributed by atoms with Gasteiger partial charge < -0.3 is 19.8 Å². The van der Waals surface area contributed by atoms with Gasteiger partial charge in [0, 0.05) is 18.0 Å². The molecule has 1 fully saturated rings. The van der Waals surface area contributed by atoms with Crippen molar-refractivity contribution < 1.29 is 19.7 Å². The Morgan fingerprint density at radius 1 is 1.39 bits per heavy atom. The Labute approximate surface area is 109 Å². The molecule has 0 bridgehead atoms. The van der Waals surface area contributed by atoms with Crippen LogP contribution in [-0.4, -0.2) is 51.6 Å². The summed E-state index contributed by atoms with van der Waals surface area (Å²) in [6.07, 6.45) is -0.485. The fourth-order valence-corrected chi connectivity index (χ4v) is 2.50. The van der Waals surface area contributed by atoms with Crippen LogP contribution in [0.25, 0.3) is 0 Å². The first kappa shape index (κ1) is 15.2. The van der Waals surface area contributed by atoms with Crippen LogP contribution in [0.15, 0.2) is 0 Å². The lowest BCUT2D eigenvalue weighted by molar-refractivity contribution is -0.0645. The maximum atomic E-state index is 12.1. The normalized spacial score (nSPS) is 33.4. The predicted octanol–water partition coefficient (Wildman–Crippen LogP) is 1.37. The predicted molar refractivity (Wildman–Crippen MR) is 68.2 cm³/mol. The summed E-state index contributed by atoms with van der Waals surface area (Å²) < 4.78 is 5.37. The van der Waals surface area contributed by atoms with Gasteiger partial charge in [-0.15, -0.1) is 0 Å². The summed E-state index contributed by atoms with van der Waals surface area (Å²) in [5.74, 6) is -0.311. The fourth-order valence-electron chi connectivity index (χ4n) is 2.50. The molecule has 2 N–H and O–H groups in total. The third-order valence-corrected chi connectivity index (χ3v) is 3.43. The van der Waals surface area contributed by atoms with Crippen LogP contribution in [0, 0.1) is 5.92 Å². The molecule has 0 aromatic rings. The molecule has 0 aromatic heterocycles. The van der Waals surface area contributed by atoms with Gasteiger partial charge >= 0.3 is 6.09 Å². The van der Waals surface area contributed by atoms with Crippen molar-refractivity contribution in [3.05, 3.63) is 0 Å². The van der Waals surface area contributed by atoms with E-state index in [2.05, 4.69) is 0 Å². The number of nitrogens with zero attached hydrogens (tertiary/aromatic N) is 1. The Morgan fingerprint density at radius 3 is 2.39 bits per heavy atom. The van der Waals surface area contributed by atoms with Crippen molar-refractivity contribution in [1.29, 1.82) is 0 Å². The molecule has 1 amide bonds. The SMILES string of the molecule is CC1CC(O)C(CO)C(C)N1C(=O)OC(C)(C)C. The highest BCUT2D eigenvalue weighted by atomic mass is 16.6. The number of carbonyl (C=O) groups excluding carboxylic acids is 1. The third kappa shape index (κ3) is 3.36. The lowest BCUT2D eigenvalue weighted by Gasteiger charge is -2.45. The van der Waals surface area contributed by atoms with Gasteiger partial charge in [0.15, 0.2) is 0 Å². The Balaban J connectivity index is 2.82. The number of aliphatic hydroxyl groups excluding tert-OH is 2.